The van der Waals surface area contributed by atoms with Crippen molar-refractivity contribution in [3.05, 3.63) is 70.4 Å². The molecule has 1 heterocycles. The third kappa shape index (κ3) is 3.47. The SMILES string of the molecule is Cc1cccc(Oc2ccc(C3NC(=S)NC4=C3C(=O)CCC4)cc2)c1C. The molecule has 0 saturated heterocycles. The van der Waals surface area contributed by atoms with E-state index < -0.39 is 0 Å². The van der Waals surface area contributed by atoms with Crippen LogP contribution in [0.4, 0.5) is 0 Å². The van der Waals surface area contributed by atoms with Gasteiger partial charge in [0.15, 0.2) is 10.9 Å². The summed E-state index contributed by atoms with van der Waals surface area (Å²) in [5, 5.41) is 6.98. The summed E-state index contributed by atoms with van der Waals surface area (Å²) in [6.07, 6.45) is 2.34. The topological polar surface area (TPSA) is 50.4 Å². The van der Waals surface area contributed by atoms with E-state index in [0.29, 0.717) is 11.5 Å². The fourth-order valence-electron chi connectivity index (χ4n) is 3.64. The molecule has 2 aliphatic rings. The second-order valence-corrected chi connectivity index (χ2v) is 7.48. The minimum atomic E-state index is -0.198. The molecule has 4 nitrogen and oxygen atoms in total. The van der Waals surface area contributed by atoms with Gasteiger partial charge in [0.05, 0.1) is 6.04 Å². The van der Waals surface area contributed by atoms with Gasteiger partial charge in [-0.2, -0.15) is 0 Å². The zero-order valence-electron chi connectivity index (χ0n) is 15.5. The summed E-state index contributed by atoms with van der Waals surface area (Å²) >= 11 is 5.34. The third-order valence-electron chi connectivity index (χ3n) is 5.28. The number of hydrogen-bond donors (Lipinski definition) is 2. The van der Waals surface area contributed by atoms with Crippen LogP contribution in [0.15, 0.2) is 53.7 Å². The standard InChI is InChI=1S/C22H22N2O2S/c1-13-5-3-8-19(14(13)2)26-16-11-9-15(10-12-16)21-20-17(23-22(27)24-21)6-4-7-18(20)25/h3,5,8-12,21H,4,6-7H2,1-2H3,(H2,23,24,27). The molecule has 1 atom stereocenters. The molecule has 2 N–H and O–H groups in total. The average molecular weight is 378 g/mol. The molecule has 0 aromatic heterocycles. The molecule has 0 amide bonds. The lowest BCUT2D eigenvalue weighted by atomic mass is 9.85. The van der Waals surface area contributed by atoms with E-state index in [1.165, 1.54) is 5.56 Å². The molecule has 27 heavy (non-hydrogen) atoms. The summed E-state index contributed by atoms with van der Waals surface area (Å²) < 4.78 is 6.04. The number of ether oxygens (including phenoxy) is 1. The first kappa shape index (κ1) is 17.7. The first-order valence-electron chi connectivity index (χ1n) is 9.21. The number of nitrogens with one attached hydrogen (secondary N) is 2. The first-order valence-corrected chi connectivity index (χ1v) is 9.61. The van der Waals surface area contributed by atoms with Crippen LogP contribution in [-0.4, -0.2) is 10.9 Å². The lowest BCUT2D eigenvalue weighted by Gasteiger charge is -2.33. The average Bonchev–Trinajstić information content (AvgIpc) is 2.65. The van der Waals surface area contributed by atoms with Crippen molar-refractivity contribution in [2.45, 2.75) is 39.2 Å². The highest BCUT2D eigenvalue weighted by Gasteiger charge is 2.33. The highest BCUT2D eigenvalue weighted by Crippen LogP contribution is 2.34. The fourth-order valence-corrected chi connectivity index (χ4v) is 3.89. The van der Waals surface area contributed by atoms with Gasteiger partial charge in [-0.1, -0.05) is 24.3 Å². The summed E-state index contributed by atoms with van der Waals surface area (Å²) in [7, 11) is 0. The molecule has 2 aromatic carbocycles. The van der Waals surface area contributed by atoms with Crippen molar-refractivity contribution in [1.29, 1.82) is 0 Å². The molecule has 0 spiro atoms. The van der Waals surface area contributed by atoms with Gasteiger partial charge in [-0.15, -0.1) is 0 Å². The number of Topliss-reactive ketones (excluding diaryl/α,β-unsaturated/α-hetero) is 1. The lowest BCUT2D eigenvalue weighted by molar-refractivity contribution is -0.116. The molecular formula is C22H22N2O2S. The van der Waals surface area contributed by atoms with E-state index in [9.17, 15) is 4.79 Å². The molecule has 5 heteroatoms. The molecule has 0 saturated carbocycles. The van der Waals surface area contributed by atoms with Gasteiger partial charge >= 0.3 is 0 Å². The van der Waals surface area contributed by atoms with Crippen LogP contribution in [0.5, 0.6) is 11.5 Å². The van der Waals surface area contributed by atoms with Gasteiger partial charge in [-0.05, 0) is 73.8 Å². The van der Waals surface area contributed by atoms with Crippen LogP contribution in [0.3, 0.4) is 0 Å². The summed E-state index contributed by atoms with van der Waals surface area (Å²) in [4.78, 5) is 12.5. The number of hydrogen-bond acceptors (Lipinski definition) is 3. The highest BCUT2D eigenvalue weighted by atomic mass is 32.1. The molecule has 0 fully saturated rings. The molecule has 2 aromatic rings. The summed E-state index contributed by atoms with van der Waals surface area (Å²) in [6.45, 7) is 4.13. The van der Waals surface area contributed by atoms with Gasteiger partial charge in [-0.3, -0.25) is 4.79 Å². The second kappa shape index (κ2) is 7.16. The van der Waals surface area contributed by atoms with E-state index >= 15 is 0 Å². The monoisotopic (exact) mass is 378 g/mol. The lowest BCUT2D eigenvalue weighted by Crippen LogP contribution is -2.46. The fraction of sp³-hybridized carbons (Fsp3) is 0.273. The van der Waals surface area contributed by atoms with Crippen molar-refractivity contribution in [1.82, 2.24) is 10.6 Å². The number of carbonyl (C=O) groups excluding carboxylic acids is 1. The maximum Gasteiger partial charge on any atom is 0.171 e. The van der Waals surface area contributed by atoms with Crippen LogP contribution in [0.1, 0.15) is 42.0 Å². The molecule has 1 aliphatic carbocycles. The van der Waals surface area contributed by atoms with Gasteiger partial charge in [0.2, 0.25) is 0 Å². The molecule has 138 valence electrons. The minimum Gasteiger partial charge on any atom is -0.457 e. The van der Waals surface area contributed by atoms with Gasteiger partial charge in [0.25, 0.3) is 0 Å². The van der Waals surface area contributed by atoms with Gasteiger partial charge in [0.1, 0.15) is 11.5 Å². The van der Waals surface area contributed by atoms with Crippen LogP contribution in [0.25, 0.3) is 0 Å². The van der Waals surface area contributed by atoms with E-state index in [0.717, 1.165) is 46.7 Å². The number of rotatable bonds is 3. The van der Waals surface area contributed by atoms with Gasteiger partial charge < -0.3 is 15.4 Å². The van der Waals surface area contributed by atoms with Crippen LogP contribution in [0.2, 0.25) is 0 Å². The van der Waals surface area contributed by atoms with Gasteiger partial charge in [-0.25, -0.2) is 0 Å². The maximum absolute atomic E-state index is 12.5. The van der Waals surface area contributed by atoms with Gasteiger partial charge in [0, 0.05) is 17.7 Å². The van der Waals surface area contributed by atoms with Crippen molar-refractivity contribution in [2.75, 3.05) is 0 Å². The minimum absolute atomic E-state index is 0.194. The van der Waals surface area contributed by atoms with E-state index in [1.807, 2.05) is 36.4 Å². The molecular weight excluding hydrogens is 356 g/mol. The Morgan fingerprint density at radius 2 is 1.85 bits per heavy atom. The molecule has 0 bridgehead atoms. The Hall–Kier alpha value is -2.66. The Labute approximate surface area is 164 Å². The van der Waals surface area contributed by atoms with Crippen LogP contribution >= 0.6 is 12.2 Å². The van der Waals surface area contributed by atoms with Crippen LogP contribution < -0.4 is 15.4 Å². The number of carbonyl (C=O) groups is 1. The number of ketones is 1. The zero-order valence-corrected chi connectivity index (χ0v) is 16.3. The Balaban J connectivity index is 1.61. The van der Waals surface area contributed by atoms with Crippen LogP contribution in [0, 0.1) is 13.8 Å². The van der Waals surface area contributed by atoms with E-state index in [-0.39, 0.29) is 11.8 Å². The summed E-state index contributed by atoms with van der Waals surface area (Å²) in [5.41, 5.74) is 5.13. The number of thiocarbonyl (C=S) groups is 1. The zero-order chi connectivity index (χ0) is 19.0. The van der Waals surface area contributed by atoms with Crippen LogP contribution in [-0.2, 0) is 4.79 Å². The van der Waals surface area contributed by atoms with E-state index in [4.69, 9.17) is 17.0 Å². The number of aryl methyl sites for hydroxylation is 1. The van der Waals surface area contributed by atoms with Crippen molar-refractivity contribution in [3.63, 3.8) is 0 Å². The normalized spacial score (nSPS) is 19.3. The quantitative estimate of drug-likeness (QED) is 0.763. The molecule has 1 unspecified atom stereocenters. The number of allylic oxidation sites excluding steroid dienone is 1. The van der Waals surface area contributed by atoms with Crippen molar-refractivity contribution >= 4 is 23.1 Å². The van der Waals surface area contributed by atoms with E-state index in [1.54, 1.807) is 0 Å². The van der Waals surface area contributed by atoms with Crippen molar-refractivity contribution < 1.29 is 9.53 Å². The van der Waals surface area contributed by atoms with E-state index in [2.05, 4.69) is 30.5 Å². The third-order valence-corrected chi connectivity index (χ3v) is 5.50. The Morgan fingerprint density at radius 3 is 2.63 bits per heavy atom. The molecule has 1 aliphatic heterocycles. The predicted molar refractivity (Wildman–Crippen MR) is 110 cm³/mol. The summed E-state index contributed by atoms with van der Waals surface area (Å²) in [6, 6.07) is 13.7. The molecule has 0 radical (unpaired) electrons. The highest BCUT2D eigenvalue weighted by molar-refractivity contribution is 7.80. The largest absolute Gasteiger partial charge is 0.457 e. The second-order valence-electron chi connectivity index (χ2n) is 7.07. The van der Waals surface area contributed by atoms with Crippen molar-refractivity contribution in [3.8, 4) is 11.5 Å². The predicted octanol–water partition coefficient (Wildman–Crippen LogP) is 4.62. The number of benzene rings is 2. The Bertz CT molecular complexity index is 947. The Kier molecular flexibility index (Phi) is 4.70. The summed E-state index contributed by atoms with van der Waals surface area (Å²) in [5.74, 6) is 1.82. The Morgan fingerprint density at radius 1 is 1.07 bits per heavy atom. The molecule has 4 rings (SSSR count). The maximum atomic E-state index is 12.5. The smallest absolute Gasteiger partial charge is 0.171 e. The first-order chi connectivity index (χ1) is 13.0. The van der Waals surface area contributed by atoms with Crippen molar-refractivity contribution in [2.24, 2.45) is 0 Å².